The number of ether oxygens (including phenoxy) is 1. The van der Waals surface area contributed by atoms with Crippen LogP contribution in [0.2, 0.25) is 0 Å². The Labute approximate surface area is 115 Å². The lowest BCUT2D eigenvalue weighted by Gasteiger charge is -2.47. The molecule has 4 fully saturated rings. The van der Waals surface area contributed by atoms with E-state index in [0.29, 0.717) is 23.0 Å². The number of ketones is 1. The van der Waals surface area contributed by atoms with E-state index in [9.17, 15) is 4.79 Å². The minimum absolute atomic E-state index is 0.120. The van der Waals surface area contributed by atoms with Crippen molar-refractivity contribution in [2.75, 3.05) is 19.7 Å². The molecule has 2 heterocycles. The summed E-state index contributed by atoms with van der Waals surface area (Å²) in [5.41, 5.74) is 0.530. The molecule has 4 rings (SSSR count). The number of hydrogen-bond donors (Lipinski definition) is 1. The van der Waals surface area contributed by atoms with E-state index in [1.165, 1.54) is 38.5 Å². The highest BCUT2D eigenvalue weighted by atomic mass is 16.5. The molecule has 2 unspecified atom stereocenters. The van der Waals surface area contributed by atoms with E-state index >= 15 is 0 Å². The van der Waals surface area contributed by atoms with Gasteiger partial charge >= 0.3 is 0 Å². The Morgan fingerprint density at radius 3 is 2.58 bits per heavy atom. The third-order valence-corrected chi connectivity index (χ3v) is 6.29. The Hall–Kier alpha value is -0.410. The quantitative estimate of drug-likeness (QED) is 0.831. The SMILES string of the molecule is O=C(C1CCOC2(CCC2)C1)C1CC12CCNCC2. The molecule has 3 heteroatoms. The molecule has 106 valence electrons. The van der Waals surface area contributed by atoms with E-state index in [1.54, 1.807) is 0 Å². The molecule has 0 aromatic rings. The van der Waals surface area contributed by atoms with Gasteiger partial charge in [-0.1, -0.05) is 0 Å². The molecule has 4 aliphatic rings. The Kier molecular flexibility index (Phi) is 2.79. The van der Waals surface area contributed by atoms with Crippen molar-refractivity contribution in [3.63, 3.8) is 0 Å². The van der Waals surface area contributed by atoms with Gasteiger partial charge in [-0.3, -0.25) is 4.79 Å². The third kappa shape index (κ3) is 1.97. The molecule has 3 nitrogen and oxygen atoms in total. The fourth-order valence-corrected chi connectivity index (χ4v) is 4.70. The Morgan fingerprint density at radius 2 is 1.89 bits per heavy atom. The zero-order valence-corrected chi connectivity index (χ0v) is 11.7. The summed E-state index contributed by atoms with van der Waals surface area (Å²) in [5.74, 6) is 1.31. The van der Waals surface area contributed by atoms with E-state index in [0.717, 1.165) is 32.5 Å². The summed E-state index contributed by atoms with van der Waals surface area (Å²) >= 11 is 0. The lowest BCUT2D eigenvalue weighted by molar-refractivity contribution is -0.156. The molecule has 0 aromatic heterocycles. The summed E-state index contributed by atoms with van der Waals surface area (Å²) in [7, 11) is 0. The fourth-order valence-electron chi connectivity index (χ4n) is 4.70. The maximum Gasteiger partial charge on any atom is 0.139 e. The van der Waals surface area contributed by atoms with Crippen LogP contribution < -0.4 is 5.32 Å². The second-order valence-corrected chi connectivity index (χ2v) is 7.35. The fraction of sp³-hybridized carbons (Fsp3) is 0.938. The summed E-state index contributed by atoms with van der Waals surface area (Å²) in [6.45, 7) is 3.04. The molecule has 0 amide bonds. The van der Waals surface area contributed by atoms with Gasteiger partial charge < -0.3 is 10.1 Å². The minimum Gasteiger partial charge on any atom is -0.375 e. The van der Waals surface area contributed by atoms with Crippen molar-refractivity contribution in [1.29, 1.82) is 0 Å². The van der Waals surface area contributed by atoms with Crippen molar-refractivity contribution in [2.24, 2.45) is 17.3 Å². The maximum absolute atomic E-state index is 12.8. The van der Waals surface area contributed by atoms with Gasteiger partial charge in [0, 0.05) is 18.4 Å². The zero-order valence-electron chi connectivity index (χ0n) is 11.7. The highest BCUT2D eigenvalue weighted by molar-refractivity contribution is 5.87. The Morgan fingerprint density at radius 1 is 1.11 bits per heavy atom. The predicted molar refractivity (Wildman–Crippen MR) is 72.9 cm³/mol. The van der Waals surface area contributed by atoms with Crippen LogP contribution in [-0.4, -0.2) is 31.1 Å². The van der Waals surface area contributed by atoms with Crippen LogP contribution in [0.5, 0.6) is 0 Å². The molecule has 2 atom stereocenters. The molecule has 0 aromatic carbocycles. The van der Waals surface area contributed by atoms with Gasteiger partial charge in [-0.2, -0.15) is 0 Å². The lowest BCUT2D eigenvalue weighted by Crippen LogP contribution is -2.47. The summed E-state index contributed by atoms with van der Waals surface area (Å²) in [4.78, 5) is 12.8. The zero-order chi connectivity index (χ0) is 12.9. The molecule has 2 aliphatic carbocycles. The highest BCUT2D eigenvalue weighted by Gasteiger charge is 2.59. The summed E-state index contributed by atoms with van der Waals surface area (Å²) in [5, 5.41) is 3.42. The van der Waals surface area contributed by atoms with Gasteiger partial charge in [-0.05, 0) is 69.9 Å². The van der Waals surface area contributed by atoms with Gasteiger partial charge in [0.25, 0.3) is 0 Å². The molecule has 0 radical (unpaired) electrons. The van der Waals surface area contributed by atoms with Crippen molar-refractivity contribution < 1.29 is 9.53 Å². The number of nitrogens with one attached hydrogen (secondary N) is 1. The topological polar surface area (TPSA) is 38.3 Å². The first-order valence-corrected chi connectivity index (χ1v) is 8.12. The van der Waals surface area contributed by atoms with Gasteiger partial charge in [-0.25, -0.2) is 0 Å². The van der Waals surface area contributed by atoms with Crippen LogP contribution >= 0.6 is 0 Å². The van der Waals surface area contributed by atoms with Crippen LogP contribution in [0.4, 0.5) is 0 Å². The van der Waals surface area contributed by atoms with E-state index < -0.39 is 0 Å². The van der Waals surface area contributed by atoms with Crippen LogP contribution in [0.25, 0.3) is 0 Å². The number of Topliss-reactive ketones (excluding diaryl/α,β-unsaturated/α-hetero) is 1. The molecule has 2 aliphatic heterocycles. The first-order valence-electron chi connectivity index (χ1n) is 8.12. The van der Waals surface area contributed by atoms with Crippen LogP contribution in [-0.2, 0) is 9.53 Å². The monoisotopic (exact) mass is 263 g/mol. The molecular weight excluding hydrogens is 238 g/mol. The van der Waals surface area contributed by atoms with Gasteiger partial charge in [0.15, 0.2) is 0 Å². The minimum atomic E-state index is 0.120. The first kappa shape index (κ1) is 12.3. The molecule has 2 spiro atoms. The van der Waals surface area contributed by atoms with Gasteiger partial charge in [0.05, 0.1) is 5.60 Å². The highest BCUT2D eigenvalue weighted by Crippen LogP contribution is 2.60. The predicted octanol–water partition coefficient (Wildman–Crippen LogP) is 2.29. The average molecular weight is 263 g/mol. The third-order valence-electron chi connectivity index (χ3n) is 6.29. The Balaban J connectivity index is 1.41. The van der Waals surface area contributed by atoms with Crippen molar-refractivity contribution in [3.8, 4) is 0 Å². The van der Waals surface area contributed by atoms with E-state index in [-0.39, 0.29) is 5.60 Å². The van der Waals surface area contributed by atoms with Crippen LogP contribution in [0, 0.1) is 17.3 Å². The molecule has 19 heavy (non-hydrogen) atoms. The Bertz CT molecular complexity index is 382. The van der Waals surface area contributed by atoms with Gasteiger partial charge in [0.1, 0.15) is 5.78 Å². The van der Waals surface area contributed by atoms with Crippen molar-refractivity contribution in [2.45, 2.75) is 57.0 Å². The number of hydrogen-bond acceptors (Lipinski definition) is 3. The number of carbonyl (C=O) groups excluding carboxylic acids is 1. The molecule has 2 saturated carbocycles. The molecule has 0 bridgehead atoms. The van der Waals surface area contributed by atoms with Crippen LogP contribution in [0.15, 0.2) is 0 Å². The van der Waals surface area contributed by atoms with Crippen molar-refractivity contribution in [3.05, 3.63) is 0 Å². The second-order valence-electron chi connectivity index (χ2n) is 7.35. The standard InChI is InChI=1S/C16H25NO2/c18-14(13-11-15(13)5-7-17-8-6-15)12-2-9-19-16(10-12)3-1-4-16/h12-13,17H,1-11H2. The van der Waals surface area contributed by atoms with Gasteiger partial charge in [-0.15, -0.1) is 0 Å². The summed E-state index contributed by atoms with van der Waals surface area (Å²) in [6.07, 6.45) is 9.29. The smallest absolute Gasteiger partial charge is 0.139 e. The van der Waals surface area contributed by atoms with E-state index in [1.807, 2.05) is 0 Å². The largest absolute Gasteiger partial charge is 0.375 e. The molecule has 1 N–H and O–H groups in total. The second kappa shape index (κ2) is 4.29. The van der Waals surface area contributed by atoms with Gasteiger partial charge in [0.2, 0.25) is 0 Å². The first-order chi connectivity index (χ1) is 9.23. The number of rotatable bonds is 2. The van der Waals surface area contributed by atoms with Crippen molar-refractivity contribution in [1.82, 2.24) is 5.32 Å². The maximum atomic E-state index is 12.8. The molecular formula is C16H25NO2. The van der Waals surface area contributed by atoms with E-state index in [4.69, 9.17) is 4.74 Å². The van der Waals surface area contributed by atoms with E-state index in [2.05, 4.69) is 5.32 Å². The lowest BCUT2D eigenvalue weighted by atomic mass is 9.70. The molecule has 2 saturated heterocycles. The summed E-state index contributed by atoms with van der Waals surface area (Å²) < 4.78 is 5.96. The van der Waals surface area contributed by atoms with Crippen molar-refractivity contribution >= 4 is 5.78 Å². The van der Waals surface area contributed by atoms with Crippen LogP contribution in [0.3, 0.4) is 0 Å². The van der Waals surface area contributed by atoms with Crippen LogP contribution in [0.1, 0.15) is 51.4 Å². The summed E-state index contributed by atoms with van der Waals surface area (Å²) in [6, 6.07) is 0. The normalized spacial score (nSPS) is 38.9. The number of piperidine rings is 1. The number of carbonyl (C=O) groups is 1. The average Bonchev–Trinajstić information content (AvgIpc) is 3.10.